The first kappa shape index (κ1) is 9.20. The fraction of sp³-hybridized carbons (Fsp3) is 0.333. The Bertz CT molecular complexity index is 256. The molecule has 1 N–H and O–H groups in total. The van der Waals surface area contributed by atoms with E-state index in [2.05, 4.69) is 5.11 Å². The van der Waals surface area contributed by atoms with Crippen LogP contribution in [0.3, 0.4) is 0 Å². The molecule has 0 saturated heterocycles. The van der Waals surface area contributed by atoms with Gasteiger partial charge in [0.05, 0.1) is 6.04 Å². The van der Waals surface area contributed by atoms with E-state index >= 15 is 0 Å². The van der Waals surface area contributed by atoms with Gasteiger partial charge >= 0.3 is 0 Å². The standard InChI is InChI=1S/C9H11ClN2/c1-7(12-11)6-8-2-4-9(10)5-3-8/h2-5,7,11H,6H2,1H3. The summed E-state index contributed by atoms with van der Waals surface area (Å²) in [6.07, 6.45) is 0.806. The monoisotopic (exact) mass is 182 g/mol. The molecule has 1 aromatic rings. The van der Waals surface area contributed by atoms with Gasteiger partial charge in [-0.05, 0) is 31.0 Å². The summed E-state index contributed by atoms with van der Waals surface area (Å²) >= 11 is 5.72. The van der Waals surface area contributed by atoms with Crippen LogP contribution in [0.5, 0.6) is 0 Å². The second kappa shape index (κ2) is 4.21. The molecule has 1 rings (SSSR count). The predicted molar refractivity (Wildman–Crippen MR) is 49.8 cm³/mol. The highest BCUT2D eigenvalue weighted by Gasteiger charge is 1.99. The summed E-state index contributed by atoms with van der Waals surface area (Å²) in [6.45, 7) is 1.92. The van der Waals surface area contributed by atoms with Gasteiger partial charge in [0, 0.05) is 5.02 Å². The Morgan fingerprint density at radius 1 is 1.42 bits per heavy atom. The van der Waals surface area contributed by atoms with Crippen molar-refractivity contribution in [2.24, 2.45) is 5.11 Å². The van der Waals surface area contributed by atoms with Crippen molar-refractivity contribution in [1.82, 2.24) is 0 Å². The number of hydrogen-bond acceptors (Lipinski definition) is 2. The zero-order chi connectivity index (χ0) is 8.97. The van der Waals surface area contributed by atoms with Crippen molar-refractivity contribution in [2.45, 2.75) is 19.4 Å². The van der Waals surface area contributed by atoms with Gasteiger partial charge in [0.2, 0.25) is 0 Å². The van der Waals surface area contributed by atoms with E-state index in [0.29, 0.717) is 0 Å². The zero-order valence-electron chi connectivity index (χ0n) is 6.92. The van der Waals surface area contributed by atoms with Crippen molar-refractivity contribution in [2.75, 3.05) is 0 Å². The first-order chi connectivity index (χ1) is 5.72. The molecule has 0 radical (unpaired) electrons. The average molecular weight is 183 g/mol. The summed E-state index contributed by atoms with van der Waals surface area (Å²) in [5.74, 6) is 0. The quantitative estimate of drug-likeness (QED) is 0.697. The van der Waals surface area contributed by atoms with Crippen LogP contribution in [-0.4, -0.2) is 6.04 Å². The molecule has 0 amide bonds. The molecule has 0 fully saturated rings. The van der Waals surface area contributed by atoms with Gasteiger partial charge in [0.25, 0.3) is 0 Å². The smallest absolute Gasteiger partial charge is 0.0717 e. The number of benzene rings is 1. The molecule has 0 aliphatic rings. The third kappa shape index (κ3) is 2.62. The maximum atomic E-state index is 6.80. The number of halogens is 1. The molecule has 0 heterocycles. The largest absolute Gasteiger partial charge is 0.210 e. The van der Waals surface area contributed by atoms with Crippen LogP contribution in [0.25, 0.3) is 0 Å². The van der Waals surface area contributed by atoms with E-state index in [9.17, 15) is 0 Å². The van der Waals surface area contributed by atoms with E-state index in [4.69, 9.17) is 17.1 Å². The van der Waals surface area contributed by atoms with Crippen molar-refractivity contribution < 1.29 is 0 Å². The minimum absolute atomic E-state index is 0.0613. The van der Waals surface area contributed by atoms with Gasteiger partial charge in [-0.25, -0.2) is 5.53 Å². The summed E-state index contributed by atoms with van der Waals surface area (Å²) in [4.78, 5) is 0. The lowest BCUT2D eigenvalue weighted by Gasteiger charge is -2.03. The fourth-order valence-corrected chi connectivity index (χ4v) is 1.13. The lowest BCUT2D eigenvalue weighted by molar-refractivity contribution is 0.678. The molecule has 0 aromatic heterocycles. The molecule has 64 valence electrons. The van der Waals surface area contributed by atoms with Crippen LogP contribution in [0.15, 0.2) is 29.4 Å². The fourth-order valence-electron chi connectivity index (χ4n) is 1.01. The summed E-state index contributed by atoms with van der Waals surface area (Å²) in [6, 6.07) is 7.70. The minimum Gasteiger partial charge on any atom is -0.210 e. The zero-order valence-corrected chi connectivity index (χ0v) is 7.67. The highest BCUT2D eigenvalue weighted by atomic mass is 35.5. The molecule has 0 saturated carbocycles. The van der Waals surface area contributed by atoms with E-state index < -0.39 is 0 Å². The lowest BCUT2D eigenvalue weighted by atomic mass is 10.1. The van der Waals surface area contributed by atoms with Gasteiger partial charge in [-0.2, -0.15) is 5.11 Å². The number of hydrogen-bond donors (Lipinski definition) is 1. The molecule has 0 spiro atoms. The second-order valence-electron chi connectivity index (χ2n) is 2.81. The Balaban J connectivity index is 2.64. The summed E-state index contributed by atoms with van der Waals surface area (Å²) in [5, 5.41) is 4.17. The molecular formula is C9H11ClN2. The Labute approximate surface area is 77.1 Å². The SMILES string of the molecule is CC(Cc1ccc(Cl)cc1)N=N. The van der Waals surface area contributed by atoms with Crippen molar-refractivity contribution in [3.63, 3.8) is 0 Å². The Morgan fingerprint density at radius 3 is 2.50 bits per heavy atom. The summed E-state index contributed by atoms with van der Waals surface area (Å²) in [7, 11) is 0. The van der Waals surface area contributed by atoms with Gasteiger partial charge in [-0.3, -0.25) is 0 Å². The molecule has 12 heavy (non-hydrogen) atoms. The number of nitrogens with zero attached hydrogens (tertiary/aromatic N) is 1. The molecule has 0 bridgehead atoms. The summed E-state index contributed by atoms with van der Waals surface area (Å²) in [5.41, 5.74) is 7.97. The average Bonchev–Trinajstić information content (AvgIpc) is 2.09. The first-order valence-electron chi connectivity index (χ1n) is 3.83. The van der Waals surface area contributed by atoms with Gasteiger partial charge < -0.3 is 0 Å². The molecule has 2 nitrogen and oxygen atoms in total. The Kier molecular flexibility index (Phi) is 3.23. The molecule has 0 aliphatic heterocycles. The van der Waals surface area contributed by atoms with Crippen molar-refractivity contribution in [1.29, 1.82) is 5.53 Å². The third-order valence-corrected chi connectivity index (χ3v) is 1.92. The topological polar surface area (TPSA) is 36.2 Å². The predicted octanol–water partition coefficient (Wildman–Crippen LogP) is 3.30. The maximum absolute atomic E-state index is 6.80. The third-order valence-electron chi connectivity index (χ3n) is 1.66. The van der Waals surface area contributed by atoms with E-state index in [0.717, 1.165) is 11.4 Å². The molecule has 3 heteroatoms. The molecule has 1 aromatic carbocycles. The van der Waals surface area contributed by atoms with Crippen LogP contribution >= 0.6 is 11.6 Å². The van der Waals surface area contributed by atoms with Crippen LogP contribution in [0, 0.1) is 5.53 Å². The number of rotatable bonds is 3. The van der Waals surface area contributed by atoms with Crippen molar-refractivity contribution in [3.8, 4) is 0 Å². The van der Waals surface area contributed by atoms with E-state index in [1.807, 2.05) is 31.2 Å². The van der Waals surface area contributed by atoms with Crippen LogP contribution in [-0.2, 0) is 6.42 Å². The molecule has 1 unspecified atom stereocenters. The first-order valence-corrected chi connectivity index (χ1v) is 4.21. The maximum Gasteiger partial charge on any atom is 0.0717 e. The van der Waals surface area contributed by atoms with Crippen LogP contribution in [0.4, 0.5) is 0 Å². The van der Waals surface area contributed by atoms with E-state index in [1.165, 1.54) is 5.56 Å². The normalized spacial score (nSPS) is 12.5. The second-order valence-corrected chi connectivity index (χ2v) is 3.25. The van der Waals surface area contributed by atoms with Gasteiger partial charge in [0.1, 0.15) is 0 Å². The van der Waals surface area contributed by atoms with Crippen LogP contribution < -0.4 is 0 Å². The Morgan fingerprint density at radius 2 is 2.00 bits per heavy atom. The minimum atomic E-state index is 0.0613. The van der Waals surface area contributed by atoms with Crippen LogP contribution in [0.1, 0.15) is 12.5 Å². The van der Waals surface area contributed by atoms with Crippen molar-refractivity contribution >= 4 is 11.6 Å². The van der Waals surface area contributed by atoms with Gasteiger partial charge in [-0.1, -0.05) is 23.7 Å². The molecule has 0 aliphatic carbocycles. The highest BCUT2D eigenvalue weighted by Crippen LogP contribution is 2.11. The Hall–Kier alpha value is -0.890. The van der Waals surface area contributed by atoms with E-state index in [1.54, 1.807) is 0 Å². The van der Waals surface area contributed by atoms with E-state index in [-0.39, 0.29) is 6.04 Å². The molecule has 1 atom stereocenters. The lowest BCUT2D eigenvalue weighted by Crippen LogP contribution is -2.00. The van der Waals surface area contributed by atoms with Gasteiger partial charge in [0.15, 0.2) is 0 Å². The highest BCUT2D eigenvalue weighted by molar-refractivity contribution is 6.30. The molecular weight excluding hydrogens is 172 g/mol. The van der Waals surface area contributed by atoms with Gasteiger partial charge in [-0.15, -0.1) is 0 Å². The van der Waals surface area contributed by atoms with Crippen LogP contribution in [0.2, 0.25) is 5.02 Å². The van der Waals surface area contributed by atoms with Crippen molar-refractivity contribution in [3.05, 3.63) is 34.9 Å². The summed E-state index contributed by atoms with van der Waals surface area (Å²) < 4.78 is 0. The number of nitrogens with one attached hydrogen (secondary N) is 1.